The van der Waals surface area contributed by atoms with Crippen molar-refractivity contribution in [3.05, 3.63) is 0 Å². The minimum absolute atomic E-state index is 0.325. The summed E-state index contributed by atoms with van der Waals surface area (Å²) in [6, 6.07) is 0. The number of nitrogens with zero attached hydrogens (tertiary/aromatic N) is 2. The molecular weight excluding hydrogens is 242 g/mol. The predicted molar refractivity (Wildman–Crippen MR) is 81.2 cm³/mol. The molecule has 2 heterocycles. The molecule has 3 nitrogen and oxygen atoms in total. The Morgan fingerprint density at radius 2 is 2.06 bits per heavy atom. The molecule has 2 fully saturated rings. The summed E-state index contributed by atoms with van der Waals surface area (Å²) < 4.78 is 0. The molecule has 106 valence electrons. The zero-order valence-corrected chi connectivity index (χ0v) is 12.8. The molecule has 0 aliphatic carbocycles. The molecular formula is C14H29N3S. The van der Waals surface area contributed by atoms with Crippen LogP contribution in [0.3, 0.4) is 0 Å². The standard InChI is InChI=1S/C14H29N3S/c1-16(2)10-13-4-7-17(8-5-13)14(11-15)6-3-9-18-12-14/h13H,3-12,15H2,1-2H3. The van der Waals surface area contributed by atoms with Crippen LogP contribution in [-0.4, -0.2) is 67.1 Å². The minimum atomic E-state index is 0.325. The quantitative estimate of drug-likeness (QED) is 0.839. The number of rotatable bonds is 4. The zero-order valence-electron chi connectivity index (χ0n) is 12.0. The summed E-state index contributed by atoms with van der Waals surface area (Å²) in [4.78, 5) is 5.04. The second-order valence-corrected chi connectivity index (χ2v) is 7.38. The van der Waals surface area contributed by atoms with E-state index in [2.05, 4.69) is 35.7 Å². The first kappa shape index (κ1) is 14.6. The van der Waals surface area contributed by atoms with E-state index in [4.69, 9.17) is 5.73 Å². The van der Waals surface area contributed by atoms with Gasteiger partial charge in [-0.25, -0.2) is 0 Å². The van der Waals surface area contributed by atoms with Crippen molar-refractivity contribution < 1.29 is 0 Å². The van der Waals surface area contributed by atoms with Gasteiger partial charge in [0.2, 0.25) is 0 Å². The van der Waals surface area contributed by atoms with Crippen molar-refractivity contribution in [2.24, 2.45) is 11.7 Å². The van der Waals surface area contributed by atoms with Crippen LogP contribution < -0.4 is 5.73 Å². The van der Waals surface area contributed by atoms with Crippen molar-refractivity contribution in [3.8, 4) is 0 Å². The Balaban J connectivity index is 1.87. The van der Waals surface area contributed by atoms with E-state index in [0.29, 0.717) is 5.54 Å². The van der Waals surface area contributed by atoms with E-state index < -0.39 is 0 Å². The van der Waals surface area contributed by atoms with Crippen LogP contribution in [0.2, 0.25) is 0 Å². The lowest BCUT2D eigenvalue weighted by Gasteiger charge is -2.48. The molecule has 2 rings (SSSR count). The Morgan fingerprint density at radius 3 is 2.56 bits per heavy atom. The highest BCUT2D eigenvalue weighted by Crippen LogP contribution is 2.34. The van der Waals surface area contributed by atoms with E-state index in [1.54, 1.807) is 0 Å². The first-order valence-electron chi connectivity index (χ1n) is 7.34. The van der Waals surface area contributed by atoms with Gasteiger partial charge in [-0.1, -0.05) is 0 Å². The van der Waals surface area contributed by atoms with E-state index in [9.17, 15) is 0 Å². The van der Waals surface area contributed by atoms with Crippen LogP contribution in [0.4, 0.5) is 0 Å². The highest BCUT2D eigenvalue weighted by atomic mass is 32.2. The zero-order chi connectivity index (χ0) is 13.0. The summed E-state index contributed by atoms with van der Waals surface area (Å²) >= 11 is 2.10. The highest BCUT2D eigenvalue weighted by Gasteiger charge is 2.38. The Hall–Kier alpha value is 0.230. The SMILES string of the molecule is CN(C)CC1CCN(C2(CN)CCCSC2)CC1. The molecule has 2 aliphatic rings. The number of likely N-dealkylation sites (tertiary alicyclic amines) is 1. The molecule has 1 unspecified atom stereocenters. The second kappa shape index (κ2) is 6.60. The number of thioether (sulfide) groups is 1. The molecule has 18 heavy (non-hydrogen) atoms. The van der Waals surface area contributed by atoms with E-state index in [-0.39, 0.29) is 0 Å². The number of piperidine rings is 1. The van der Waals surface area contributed by atoms with Gasteiger partial charge in [0.25, 0.3) is 0 Å². The fourth-order valence-electron chi connectivity index (χ4n) is 3.48. The second-order valence-electron chi connectivity index (χ2n) is 6.28. The Morgan fingerprint density at radius 1 is 1.33 bits per heavy atom. The Bertz CT molecular complexity index is 243. The van der Waals surface area contributed by atoms with Gasteiger partial charge >= 0.3 is 0 Å². The van der Waals surface area contributed by atoms with E-state index in [1.807, 2.05) is 0 Å². The number of hydrogen-bond acceptors (Lipinski definition) is 4. The van der Waals surface area contributed by atoms with Crippen LogP contribution in [0.1, 0.15) is 25.7 Å². The van der Waals surface area contributed by atoms with Crippen LogP contribution in [0, 0.1) is 5.92 Å². The fourth-order valence-corrected chi connectivity index (χ4v) is 4.80. The third-order valence-corrected chi connectivity index (χ3v) is 5.91. The average molecular weight is 271 g/mol. The molecule has 0 bridgehead atoms. The van der Waals surface area contributed by atoms with Gasteiger partial charge in [0, 0.05) is 24.4 Å². The van der Waals surface area contributed by atoms with Gasteiger partial charge in [0.05, 0.1) is 0 Å². The lowest BCUT2D eigenvalue weighted by atomic mass is 9.88. The molecule has 2 saturated heterocycles. The first-order valence-corrected chi connectivity index (χ1v) is 8.49. The highest BCUT2D eigenvalue weighted by molar-refractivity contribution is 7.99. The molecule has 0 amide bonds. The summed E-state index contributed by atoms with van der Waals surface area (Å²) in [7, 11) is 4.37. The summed E-state index contributed by atoms with van der Waals surface area (Å²) in [5.41, 5.74) is 6.45. The minimum Gasteiger partial charge on any atom is -0.329 e. The van der Waals surface area contributed by atoms with Gasteiger partial charge in [-0.05, 0) is 64.5 Å². The molecule has 0 aromatic rings. The normalized spacial score (nSPS) is 32.0. The molecule has 2 N–H and O–H groups in total. The van der Waals surface area contributed by atoms with Crippen LogP contribution in [-0.2, 0) is 0 Å². The van der Waals surface area contributed by atoms with E-state index in [0.717, 1.165) is 12.5 Å². The van der Waals surface area contributed by atoms with Gasteiger partial charge in [0.1, 0.15) is 0 Å². The molecule has 0 aromatic carbocycles. The van der Waals surface area contributed by atoms with Crippen molar-refractivity contribution in [1.82, 2.24) is 9.80 Å². The lowest BCUT2D eigenvalue weighted by Crippen LogP contribution is -2.59. The van der Waals surface area contributed by atoms with Crippen LogP contribution >= 0.6 is 11.8 Å². The van der Waals surface area contributed by atoms with Crippen LogP contribution in [0.25, 0.3) is 0 Å². The Labute approximate surface area is 116 Å². The van der Waals surface area contributed by atoms with E-state index >= 15 is 0 Å². The van der Waals surface area contributed by atoms with Crippen molar-refractivity contribution in [2.45, 2.75) is 31.2 Å². The van der Waals surface area contributed by atoms with Gasteiger partial charge in [-0.15, -0.1) is 0 Å². The summed E-state index contributed by atoms with van der Waals surface area (Å²) in [5, 5.41) is 0. The number of hydrogen-bond donors (Lipinski definition) is 1. The van der Waals surface area contributed by atoms with Crippen LogP contribution in [0.15, 0.2) is 0 Å². The monoisotopic (exact) mass is 271 g/mol. The van der Waals surface area contributed by atoms with Crippen molar-refractivity contribution in [1.29, 1.82) is 0 Å². The third-order valence-electron chi connectivity index (χ3n) is 4.59. The molecule has 4 heteroatoms. The van der Waals surface area contributed by atoms with Crippen LogP contribution in [0.5, 0.6) is 0 Å². The fraction of sp³-hybridized carbons (Fsp3) is 1.00. The van der Waals surface area contributed by atoms with Gasteiger partial charge < -0.3 is 10.6 Å². The maximum Gasteiger partial charge on any atom is 0.0422 e. The smallest absolute Gasteiger partial charge is 0.0422 e. The maximum atomic E-state index is 6.12. The molecule has 2 aliphatic heterocycles. The van der Waals surface area contributed by atoms with Crippen molar-refractivity contribution >= 4 is 11.8 Å². The lowest BCUT2D eigenvalue weighted by molar-refractivity contribution is 0.0568. The average Bonchev–Trinajstić information content (AvgIpc) is 2.39. The number of nitrogens with two attached hydrogens (primary N) is 1. The Kier molecular flexibility index (Phi) is 5.36. The van der Waals surface area contributed by atoms with E-state index in [1.165, 1.54) is 56.8 Å². The molecule has 1 atom stereocenters. The molecule has 0 aromatic heterocycles. The molecule has 0 saturated carbocycles. The largest absolute Gasteiger partial charge is 0.329 e. The molecule has 0 radical (unpaired) electrons. The summed E-state index contributed by atoms with van der Waals surface area (Å²) in [5.74, 6) is 3.48. The molecule has 0 spiro atoms. The maximum absolute atomic E-state index is 6.12. The van der Waals surface area contributed by atoms with Gasteiger partial charge in [0.15, 0.2) is 0 Å². The summed E-state index contributed by atoms with van der Waals surface area (Å²) in [6.07, 6.45) is 5.36. The topological polar surface area (TPSA) is 32.5 Å². The summed E-state index contributed by atoms with van der Waals surface area (Å²) in [6.45, 7) is 4.61. The third kappa shape index (κ3) is 3.41. The van der Waals surface area contributed by atoms with Gasteiger partial charge in [-0.3, -0.25) is 4.90 Å². The van der Waals surface area contributed by atoms with Crippen molar-refractivity contribution in [2.75, 3.05) is 51.8 Å². The van der Waals surface area contributed by atoms with Crippen molar-refractivity contribution in [3.63, 3.8) is 0 Å². The first-order chi connectivity index (χ1) is 8.66. The van der Waals surface area contributed by atoms with Gasteiger partial charge in [-0.2, -0.15) is 11.8 Å². The predicted octanol–water partition coefficient (Wildman–Crippen LogP) is 1.48.